The number of nitrogens with two attached hydrogens (primary N) is 1. The van der Waals surface area contributed by atoms with Gasteiger partial charge in [0.25, 0.3) is 0 Å². The molecule has 4 nitrogen and oxygen atoms in total. The Morgan fingerprint density at radius 2 is 2.16 bits per heavy atom. The summed E-state index contributed by atoms with van der Waals surface area (Å²) < 4.78 is 18.6. The molecule has 19 heavy (non-hydrogen) atoms. The number of carbonyl (C=O) groups is 1. The van der Waals surface area contributed by atoms with E-state index < -0.39 is 17.9 Å². The number of benzene rings is 1. The van der Waals surface area contributed by atoms with Crippen molar-refractivity contribution in [3.8, 4) is 0 Å². The van der Waals surface area contributed by atoms with Gasteiger partial charge in [0.2, 0.25) is 0 Å². The maximum atomic E-state index is 13.8. The van der Waals surface area contributed by atoms with Crippen LogP contribution in [0.25, 0.3) is 0 Å². The fourth-order valence-corrected chi connectivity index (χ4v) is 2.30. The molecule has 2 atom stereocenters. The first-order chi connectivity index (χ1) is 8.86. The third kappa shape index (κ3) is 4.11. The lowest BCUT2D eigenvalue weighted by molar-refractivity contribution is 0.0527. The van der Waals surface area contributed by atoms with Gasteiger partial charge in [-0.3, -0.25) is 0 Å². The van der Waals surface area contributed by atoms with Crippen LogP contribution in [0, 0.1) is 5.82 Å². The number of aliphatic hydroxyl groups is 1. The van der Waals surface area contributed by atoms with Gasteiger partial charge in [0, 0.05) is 15.8 Å². The van der Waals surface area contributed by atoms with Crippen LogP contribution < -0.4 is 5.73 Å². The molecule has 0 aliphatic rings. The van der Waals surface area contributed by atoms with E-state index in [1.165, 1.54) is 6.07 Å². The van der Waals surface area contributed by atoms with Crippen LogP contribution in [0.15, 0.2) is 17.0 Å². The van der Waals surface area contributed by atoms with Crippen molar-refractivity contribution in [1.29, 1.82) is 0 Å². The largest absolute Gasteiger partial charge is 0.462 e. The quantitative estimate of drug-likeness (QED) is 0.494. The predicted molar refractivity (Wildman–Crippen MR) is 73.8 cm³/mol. The molecule has 0 aliphatic heterocycles. The lowest BCUT2D eigenvalue weighted by atomic mass is 10.2. The normalized spacial score (nSPS) is 13.9. The minimum atomic E-state index is -0.590. The van der Waals surface area contributed by atoms with E-state index in [0.29, 0.717) is 0 Å². The predicted octanol–water partition coefficient (Wildman–Crippen LogP) is 2.45. The molecule has 3 N–H and O–H groups in total. The summed E-state index contributed by atoms with van der Waals surface area (Å²) in [5.74, 6) is -1.09. The summed E-state index contributed by atoms with van der Waals surface area (Å²) in [6, 6.07) is 2.47. The van der Waals surface area contributed by atoms with Crippen molar-refractivity contribution in [2.75, 3.05) is 12.3 Å². The van der Waals surface area contributed by atoms with Crippen LogP contribution in [0.1, 0.15) is 31.1 Å². The summed E-state index contributed by atoms with van der Waals surface area (Å²) in [6.45, 7) is 5.30. The number of carbonyl (C=O) groups excluding carboxylic acids is 1. The molecule has 1 aromatic rings. The molecule has 0 saturated carbocycles. The Morgan fingerprint density at radius 3 is 2.68 bits per heavy atom. The minimum Gasteiger partial charge on any atom is -0.462 e. The topological polar surface area (TPSA) is 72.5 Å². The number of hydrogen-bond acceptors (Lipinski definition) is 5. The molecule has 0 amide bonds. The van der Waals surface area contributed by atoms with Crippen LogP contribution in [0.2, 0.25) is 0 Å². The van der Waals surface area contributed by atoms with E-state index in [2.05, 4.69) is 0 Å². The highest BCUT2D eigenvalue weighted by atomic mass is 32.2. The highest BCUT2D eigenvalue weighted by Gasteiger charge is 2.18. The molecule has 0 radical (unpaired) electrons. The molecule has 0 fully saturated rings. The van der Waals surface area contributed by atoms with E-state index >= 15 is 0 Å². The van der Waals surface area contributed by atoms with Crippen molar-refractivity contribution >= 4 is 23.4 Å². The zero-order valence-corrected chi connectivity index (χ0v) is 12.0. The van der Waals surface area contributed by atoms with Gasteiger partial charge in [0.15, 0.2) is 0 Å². The number of anilines is 1. The fraction of sp³-hybridized carbons (Fsp3) is 0.462. The summed E-state index contributed by atoms with van der Waals surface area (Å²) >= 11 is 1.15. The lowest BCUT2D eigenvalue weighted by Gasteiger charge is -2.15. The zero-order valence-electron chi connectivity index (χ0n) is 11.1. The third-order valence-corrected chi connectivity index (χ3v) is 3.92. The Hall–Kier alpha value is -1.27. The average molecular weight is 287 g/mol. The first kappa shape index (κ1) is 15.8. The van der Waals surface area contributed by atoms with Crippen molar-refractivity contribution < 1.29 is 19.0 Å². The molecule has 0 aliphatic carbocycles. The van der Waals surface area contributed by atoms with E-state index in [-0.39, 0.29) is 28.0 Å². The number of thioether (sulfide) groups is 1. The summed E-state index contributed by atoms with van der Waals surface area (Å²) in [7, 11) is 0. The van der Waals surface area contributed by atoms with Gasteiger partial charge in [0.1, 0.15) is 5.82 Å². The average Bonchev–Trinajstić information content (AvgIpc) is 2.32. The van der Waals surface area contributed by atoms with Crippen molar-refractivity contribution in [1.82, 2.24) is 0 Å². The standard InChI is InChI=1S/C13H18FNO3S/c1-4-18-13(17)9-5-12(10(14)6-11(9)15)19-8(3)7(2)16/h5-8,16H,4,15H2,1-3H3. The second-order valence-electron chi connectivity index (χ2n) is 4.15. The molecule has 0 spiro atoms. The molecule has 0 saturated heterocycles. The van der Waals surface area contributed by atoms with Crippen LogP contribution in [-0.4, -0.2) is 29.0 Å². The Kier molecular flexibility index (Phi) is 5.62. The Bertz CT molecular complexity index is 465. The van der Waals surface area contributed by atoms with Crippen LogP contribution >= 0.6 is 11.8 Å². The number of esters is 1. The summed E-state index contributed by atoms with van der Waals surface area (Å²) in [6.07, 6.45) is -0.590. The Morgan fingerprint density at radius 1 is 1.53 bits per heavy atom. The molecule has 0 bridgehead atoms. The Labute approximate surface area is 116 Å². The Balaban J connectivity index is 3.06. The number of hydrogen-bond donors (Lipinski definition) is 2. The van der Waals surface area contributed by atoms with Crippen LogP contribution in [0.3, 0.4) is 0 Å². The van der Waals surface area contributed by atoms with Crippen molar-refractivity contribution in [2.45, 2.75) is 37.0 Å². The van der Waals surface area contributed by atoms with E-state index in [1.54, 1.807) is 20.8 Å². The molecular weight excluding hydrogens is 269 g/mol. The van der Waals surface area contributed by atoms with Gasteiger partial charge in [-0.05, 0) is 26.0 Å². The van der Waals surface area contributed by atoms with E-state index in [0.717, 1.165) is 17.8 Å². The fourth-order valence-electron chi connectivity index (χ4n) is 1.34. The number of nitrogen functional groups attached to an aromatic ring is 1. The second kappa shape index (κ2) is 6.77. The van der Waals surface area contributed by atoms with Gasteiger partial charge in [0.05, 0.1) is 18.3 Å². The molecule has 0 heterocycles. The monoisotopic (exact) mass is 287 g/mol. The molecule has 1 rings (SSSR count). The van der Waals surface area contributed by atoms with Gasteiger partial charge in [-0.25, -0.2) is 9.18 Å². The van der Waals surface area contributed by atoms with Gasteiger partial charge >= 0.3 is 5.97 Å². The van der Waals surface area contributed by atoms with Crippen LogP contribution in [-0.2, 0) is 4.74 Å². The second-order valence-corrected chi connectivity index (χ2v) is 5.57. The number of ether oxygens (including phenoxy) is 1. The molecular formula is C13H18FNO3S. The first-order valence-corrected chi connectivity index (χ1v) is 6.85. The summed E-state index contributed by atoms with van der Waals surface area (Å²) in [5, 5.41) is 9.23. The van der Waals surface area contributed by atoms with E-state index in [1.807, 2.05) is 0 Å². The van der Waals surface area contributed by atoms with Gasteiger partial charge in [-0.15, -0.1) is 11.8 Å². The smallest absolute Gasteiger partial charge is 0.340 e. The maximum absolute atomic E-state index is 13.8. The van der Waals surface area contributed by atoms with Crippen molar-refractivity contribution in [2.24, 2.45) is 0 Å². The molecule has 1 aromatic carbocycles. The summed E-state index contributed by atoms with van der Waals surface area (Å²) in [5.41, 5.74) is 5.80. The van der Waals surface area contributed by atoms with Crippen LogP contribution in [0.5, 0.6) is 0 Å². The third-order valence-electron chi connectivity index (χ3n) is 2.59. The molecule has 106 valence electrons. The number of halogens is 1. The van der Waals surface area contributed by atoms with Gasteiger partial charge < -0.3 is 15.6 Å². The number of aliphatic hydroxyl groups excluding tert-OH is 1. The number of rotatable bonds is 5. The summed E-state index contributed by atoms with van der Waals surface area (Å²) in [4.78, 5) is 11.9. The maximum Gasteiger partial charge on any atom is 0.340 e. The molecule has 6 heteroatoms. The van der Waals surface area contributed by atoms with Gasteiger partial charge in [-0.1, -0.05) is 6.92 Å². The first-order valence-electron chi connectivity index (χ1n) is 5.97. The molecule has 2 unspecified atom stereocenters. The van der Waals surface area contributed by atoms with Gasteiger partial charge in [-0.2, -0.15) is 0 Å². The molecule has 0 aromatic heterocycles. The highest BCUT2D eigenvalue weighted by Crippen LogP contribution is 2.31. The van der Waals surface area contributed by atoms with Crippen molar-refractivity contribution in [3.05, 3.63) is 23.5 Å². The van der Waals surface area contributed by atoms with E-state index in [9.17, 15) is 14.3 Å². The highest BCUT2D eigenvalue weighted by molar-refractivity contribution is 8.00. The minimum absolute atomic E-state index is 0.0463. The van der Waals surface area contributed by atoms with E-state index in [4.69, 9.17) is 10.5 Å². The zero-order chi connectivity index (χ0) is 14.6. The SMILES string of the molecule is CCOC(=O)c1cc(SC(C)C(C)O)c(F)cc1N. The van der Waals surface area contributed by atoms with Crippen LogP contribution in [0.4, 0.5) is 10.1 Å². The van der Waals surface area contributed by atoms with Crippen molar-refractivity contribution in [3.63, 3.8) is 0 Å². The lowest BCUT2D eigenvalue weighted by Crippen LogP contribution is -2.15.